The van der Waals surface area contributed by atoms with Crippen LogP contribution in [0.2, 0.25) is 5.02 Å². The molecule has 238 valence electrons. The number of halogens is 4. The highest BCUT2D eigenvalue weighted by Gasteiger charge is 2.47. The van der Waals surface area contributed by atoms with E-state index in [1.807, 2.05) is 6.07 Å². The minimum absolute atomic E-state index is 0.0364. The summed E-state index contributed by atoms with van der Waals surface area (Å²) < 4.78 is 42.0. The molecule has 1 aromatic heterocycles. The van der Waals surface area contributed by atoms with Crippen molar-refractivity contribution in [2.45, 2.75) is 50.2 Å². The molecule has 2 fully saturated rings. The van der Waals surface area contributed by atoms with Crippen LogP contribution in [0.15, 0.2) is 66.9 Å². The van der Waals surface area contributed by atoms with Gasteiger partial charge in [-0.1, -0.05) is 35.9 Å². The van der Waals surface area contributed by atoms with E-state index in [-0.39, 0.29) is 40.7 Å². The number of rotatable bonds is 8. The van der Waals surface area contributed by atoms with Crippen LogP contribution in [0.4, 0.5) is 24.7 Å². The molecule has 2 aliphatic rings. The number of anilines is 2. The zero-order valence-corrected chi connectivity index (χ0v) is 25.3. The van der Waals surface area contributed by atoms with Gasteiger partial charge in [0.2, 0.25) is 23.6 Å². The van der Waals surface area contributed by atoms with Crippen molar-refractivity contribution in [3.05, 3.63) is 88.8 Å². The van der Waals surface area contributed by atoms with Gasteiger partial charge in [0, 0.05) is 61.2 Å². The predicted octanol–water partition coefficient (Wildman–Crippen LogP) is 4.39. The quantitative estimate of drug-likeness (QED) is 0.385. The highest BCUT2D eigenvalue weighted by molar-refractivity contribution is 6.31. The minimum atomic E-state index is -2.94. The van der Waals surface area contributed by atoms with E-state index < -0.39 is 72.8 Å². The minimum Gasteiger partial charge on any atom is -0.351 e. The Morgan fingerprint density at radius 2 is 1.89 bits per heavy atom. The molecule has 4 amide bonds. The van der Waals surface area contributed by atoms with Gasteiger partial charge in [-0.3, -0.25) is 29.0 Å². The zero-order valence-electron chi connectivity index (χ0n) is 24.5. The number of benzene rings is 2. The summed E-state index contributed by atoms with van der Waals surface area (Å²) in [7, 11) is 0. The van der Waals surface area contributed by atoms with Gasteiger partial charge in [-0.15, -0.1) is 0 Å². The van der Waals surface area contributed by atoms with Crippen LogP contribution in [-0.2, 0) is 19.2 Å². The van der Waals surface area contributed by atoms with Crippen LogP contribution in [0, 0.1) is 17.1 Å². The average Bonchev–Trinajstić information content (AvgIpc) is 2.99. The van der Waals surface area contributed by atoms with Crippen LogP contribution in [-0.4, -0.2) is 64.6 Å². The summed E-state index contributed by atoms with van der Waals surface area (Å²) >= 11 is 6.51. The van der Waals surface area contributed by atoms with Gasteiger partial charge in [0.05, 0.1) is 17.7 Å². The molecule has 1 N–H and O–H groups in total. The summed E-state index contributed by atoms with van der Waals surface area (Å²) in [6.45, 7) is 0.877. The molecule has 2 aromatic carbocycles. The van der Waals surface area contributed by atoms with Crippen molar-refractivity contribution in [1.29, 1.82) is 5.26 Å². The number of alkyl halides is 2. The SMILES string of the molecule is CC(=O)N1CC(=O)N(c2cc(C#N)ccn2)[C@@H](CC(=O)N(c2cccc(F)c2)[C@H](C(=O)NC2CC(F)(F)C2)c2ccccc2Cl)C1. The highest BCUT2D eigenvalue weighted by atomic mass is 35.5. The molecular formula is C32H28ClF3N6O4. The van der Waals surface area contributed by atoms with Gasteiger partial charge < -0.3 is 10.2 Å². The average molecular weight is 653 g/mol. The van der Waals surface area contributed by atoms with Crippen molar-refractivity contribution in [3.63, 3.8) is 0 Å². The van der Waals surface area contributed by atoms with Gasteiger partial charge in [0.25, 0.3) is 5.92 Å². The first-order valence-corrected chi connectivity index (χ1v) is 14.7. The molecule has 14 heteroatoms. The zero-order chi connectivity index (χ0) is 33.2. The fourth-order valence-corrected chi connectivity index (χ4v) is 5.91. The molecule has 1 saturated heterocycles. The van der Waals surface area contributed by atoms with Gasteiger partial charge in [-0.2, -0.15) is 5.26 Å². The topological polar surface area (TPSA) is 127 Å². The Morgan fingerprint density at radius 3 is 2.54 bits per heavy atom. The standard InChI is InChI=1S/C32H28ClF3N6O4/c1-19(43)40-17-24(41(29(45)18-40)27-11-20(16-37)9-10-38-27)13-28(44)42(23-6-4-5-21(34)12-23)30(25-7-2-3-8-26(25)33)31(46)39-22-14-32(35,36)15-22/h2-12,22,24,30H,13-15,17-18H2,1H3,(H,39,46)/t24-,30-/m0/s1. The van der Waals surface area contributed by atoms with Crippen LogP contribution in [0.5, 0.6) is 0 Å². The van der Waals surface area contributed by atoms with Gasteiger partial charge in [0.15, 0.2) is 0 Å². The fraction of sp³-hybridized carbons (Fsp3) is 0.312. The van der Waals surface area contributed by atoms with Crippen LogP contribution >= 0.6 is 11.6 Å². The van der Waals surface area contributed by atoms with Crippen molar-refractivity contribution in [2.75, 3.05) is 22.9 Å². The molecule has 2 heterocycles. The van der Waals surface area contributed by atoms with Crippen LogP contribution < -0.4 is 15.1 Å². The molecule has 5 rings (SSSR count). The summed E-state index contributed by atoms with van der Waals surface area (Å²) in [6.07, 6.45) is -0.328. The lowest BCUT2D eigenvalue weighted by atomic mass is 9.87. The summed E-state index contributed by atoms with van der Waals surface area (Å²) in [5, 5.41) is 12.1. The lowest BCUT2D eigenvalue weighted by Gasteiger charge is -2.41. The van der Waals surface area contributed by atoms with E-state index in [2.05, 4.69) is 10.3 Å². The van der Waals surface area contributed by atoms with E-state index in [0.29, 0.717) is 0 Å². The Kier molecular flexibility index (Phi) is 9.29. The largest absolute Gasteiger partial charge is 0.351 e. The number of carbonyl (C=O) groups is 4. The first-order chi connectivity index (χ1) is 21.9. The van der Waals surface area contributed by atoms with Crippen molar-refractivity contribution in [3.8, 4) is 6.07 Å². The molecule has 1 aliphatic heterocycles. The van der Waals surface area contributed by atoms with Gasteiger partial charge in [-0.05, 0) is 36.4 Å². The monoisotopic (exact) mass is 652 g/mol. The van der Waals surface area contributed by atoms with E-state index in [9.17, 15) is 37.6 Å². The van der Waals surface area contributed by atoms with E-state index in [1.165, 1.54) is 59.3 Å². The van der Waals surface area contributed by atoms with Crippen molar-refractivity contribution >= 4 is 46.7 Å². The van der Waals surface area contributed by atoms with Crippen LogP contribution in [0.3, 0.4) is 0 Å². The molecule has 1 aliphatic carbocycles. The Labute approximate surface area is 267 Å². The number of piperazine rings is 1. The number of nitriles is 1. The first kappa shape index (κ1) is 32.4. The molecule has 3 aromatic rings. The second kappa shape index (κ2) is 13.2. The van der Waals surface area contributed by atoms with Crippen molar-refractivity contribution < 1.29 is 32.3 Å². The lowest BCUT2D eigenvalue weighted by molar-refractivity contribution is -0.137. The fourth-order valence-electron chi connectivity index (χ4n) is 5.67. The molecular weight excluding hydrogens is 625 g/mol. The molecule has 0 radical (unpaired) electrons. The summed E-state index contributed by atoms with van der Waals surface area (Å²) in [5.74, 6) is -6.16. The van der Waals surface area contributed by atoms with E-state index in [0.717, 1.165) is 17.0 Å². The Bertz CT molecular complexity index is 1730. The number of nitrogens with zero attached hydrogens (tertiary/aromatic N) is 5. The molecule has 0 bridgehead atoms. The van der Waals surface area contributed by atoms with E-state index in [1.54, 1.807) is 12.1 Å². The van der Waals surface area contributed by atoms with Crippen molar-refractivity contribution in [1.82, 2.24) is 15.2 Å². The summed E-state index contributed by atoms with van der Waals surface area (Å²) in [5.41, 5.74) is 0.316. The maximum absolute atomic E-state index is 14.6. The van der Waals surface area contributed by atoms with Crippen LogP contribution in [0.1, 0.15) is 43.4 Å². The normalized spacial score (nSPS) is 18.3. The van der Waals surface area contributed by atoms with E-state index in [4.69, 9.17) is 11.6 Å². The summed E-state index contributed by atoms with van der Waals surface area (Å²) in [4.78, 5) is 61.8. The third-order valence-corrected chi connectivity index (χ3v) is 8.21. The van der Waals surface area contributed by atoms with E-state index >= 15 is 0 Å². The molecule has 2 atom stereocenters. The molecule has 0 spiro atoms. The van der Waals surface area contributed by atoms with Crippen LogP contribution in [0.25, 0.3) is 0 Å². The molecule has 10 nitrogen and oxygen atoms in total. The number of carbonyl (C=O) groups excluding carboxylic acids is 4. The number of pyridine rings is 1. The Morgan fingerprint density at radius 1 is 1.15 bits per heavy atom. The van der Waals surface area contributed by atoms with Gasteiger partial charge >= 0.3 is 0 Å². The molecule has 46 heavy (non-hydrogen) atoms. The number of nitrogens with one attached hydrogen (secondary N) is 1. The van der Waals surface area contributed by atoms with Crippen molar-refractivity contribution in [2.24, 2.45) is 0 Å². The Balaban J connectivity index is 1.58. The second-order valence-electron chi connectivity index (χ2n) is 11.2. The smallest absolute Gasteiger partial charge is 0.252 e. The highest BCUT2D eigenvalue weighted by Crippen LogP contribution is 2.39. The number of hydrogen-bond donors (Lipinski definition) is 1. The molecule has 1 saturated carbocycles. The third-order valence-electron chi connectivity index (χ3n) is 7.87. The lowest BCUT2D eigenvalue weighted by Crippen LogP contribution is -2.59. The number of amides is 4. The maximum atomic E-state index is 14.6. The second-order valence-corrected chi connectivity index (χ2v) is 11.6. The number of aromatic nitrogens is 1. The summed E-state index contributed by atoms with van der Waals surface area (Å²) in [6, 6.07) is 12.5. The van der Waals surface area contributed by atoms with Gasteiger partial charge in [0.1, 0.15) is 24.2 Å². The Hall–Kier alpha value is -4.96. The van der Waals surface area contributed by atoms with Gasteiger partial charge in [-0.25, -0.2) is 18.2 Å². The number of hydrogen-bond acceptors (Lipinski definition) is 6. The predicted molar refractivity (Wildman–Crippen MR) is 161 cm³/mol. The third kappa shape index (κ3) is 6.97. The maximum Gasteiger partial charge on any atom is 0.252 e. The first-order valence-electron chi connectivity index (χ1n) is 14.3. The molecule has 0 unspecified atom stereocenters.